The molecule has 8 heteroatoms. The SMILES string of the molecule is CC(C)(C)N.CC=CC=CC(=O)N1CCc2ccc(OCCc3nc(/C(C)=C/CCC)oc3C)cc2C1C(=O)O. The molecule has 2 aromatic rings. The number of aryl methyl sites for hydroxylation is 1. The lowest BCUT2D eigenvalue weighted by Gasteiger charge is -2.34. The summed E-state index contributed by atoms with van der Waals surface area (Å²) in [6.07, 6.45) is 11.9. The van der Waals surface area contributed by atoms with Gasteiger partial charge in [-0.05, 0) is 77.6 Å². The van der Waals surface area contributed by atoms with Crippen molar-refractivity contribution < 1.29 is 23.8 Å². The van der Waals surface area contributed by atoms with Gasteiger partial charge in [-0.2, -0.15) is 0 Å². The first-order valence-corrected chi connectivity index (χ1v) is 13.9. The maximum absolute atomic E-state index is 12.6. The van der Waals surface area contributed by atoms with Crippen LogP contribution in [0, 0.1) is 6.92 Å². The summed E-state index contributed by atoms with van der Waals surface area (Å²) in [5, 5.41) is 9.93. The number of oxazole rings is 1. The average molecular weight is 552 g/mol. The first-order valence-electron chi connectivity index (χ1n) is 13.9. The number of hydrogen-bond donors (Lipinski definition) is 2. The smallest absolute Gasteiger partial charge is 0.331 e. The molecule has 0 aliphatic carbocycles. The predicted octanol–water partition coefficient (Wildman–Crippen LogP) is 6.19. The largest absolute Gasteiger partial charge is 0.493 e. The quantitative estimate of drug-likeness (QED) is 0.267. The fraction of sp³-hybridized carbons (Fsp3) is 0.469. The number of ether oxygens (including phenoxy) is 1. The van der Waals surface area contributed by atoms with Crippen molar-refractivity contribution in [1.82, 2.24) is 9.88 Å². The third-order valence-electron chi connectivity index (χ3n) is 5.98. The van der Waals surface area contributed by atoms with Crippen molar-refractivity contribution in [1.29, 1.82) is 0 Å². The van der Waals surface area contributed by atoms with Gasteiger partial charge in [-0.1, -0.05) is 43.7 Å². The highest BCUT2D eigenvalue weighted by Crippen LogP contribution is 2.33. The van der Waals surface area contributed by atoms with Crippen molar-refractivity contribution in [3.63, 3.8) is 0 Å². The standard InChI is InChI=1S/C28H34N2O5.C4H11N/c1-5-7-9-11-25(31)30-16-14-21-12-13-22(18-23(21)26(30)28(32)33)34-17-15-24-20(4)35-27(29-24)19(3)10-8-6-2;1-4(2,3)5/h5,7,9-13,18,26H,6,8,14-17H2,1-4H3,(H,32,33);5H2,1-3H3/b7-5?,11-9?,19-10+;. The Hall–Kier alpha value is -3.65. The summed E-state index contributed by atoms with van der Waals surface area (Å²) in [6, 6.07) is 4.42. The molecule has 40 heavy (non-hydrogen) atoms. The molecule has 1 unspecified atom stereocenters. The maximum Gasteiger partial charge on any atom is 0.331 e. The van der Waals surface area contributed by atoms with Gasteiger partial charge in [0.15, 0.2) is 6.04 Å². The van der Waals surface area contributed by atoms with E-state index in [-0.39, 0.29) is 11.4 Å². The number of fused-ring (bicyclic) bond motifs is 1. The minimum atomic E-state index is -1.06. The van der Waals surface area contributed by atoms with Gasteiger partial charge < -0.3 is 24.9 Å². The van der Waals surface area contributed by atoms with Crippen LogP contribution in [-0.2, 0) is 22.4 Å². The fourth-order valence-corrected chi connectivity index (χ4v) is 4.07. The van der Waals surface area contributed by atoms with E-state index in [1.807, 2.05) is 53.7 Å². The Morgan fingerprint density at radius 1 is 1.27 bits per heavy atom. The lowest BCUT2D eigenvalue weighted by molar-refractivity contribution is -0.149. The van der Waals surface area contributed by atoms with E-state index in [4.69, 9.17) is 14.9 Å². The van der Waals surface area contributed by atoms with E-state index in [0.717, 1.165) is 35.4 Å². The molecule has 0 saturated heterocycles. The van der Waals surface area contributed by atoms with E-state index in [2.05, 4.69) is 18.0 Å². The zero-order chi connectivity index (χ0) is 29.9. The average Bonchev–Trinajstić information content (AvgIpc) is 3.25. The number of hydrogen-bond acceptors (Lipinski definition) is 6. The van der Waals surface area contributed by atoms with Gasteiger partial charge in [0.05, 0.1) is 12.3 Å². The number of unbranched alkanes of at least 4 members (excludes halogenated alkanes) is 1. The minimum absolute atomic E-state index is 0. The van der Waals surface area contributed by atoms with Crippen molar-refractivity contribution in [2.75, 3.05) is 13.2 Å². The molecule has 0 bridgehead atoms. The summed E-state index contributed by atoms with van der Waals surface area (Å²) in [5.41, 5.74) is 8.72. The zero-order valence-electron chi connectivity index (χ0n) is 25.0. The van der Waals surface area contributed by atoms with Gasteiger partial charge in [0.1, 0.15) is 11.5 Å². The molecule has 3 N–H and O–H groups in total. The molecule has 0 fully saturated rings. The Bertz CT molecular complexity index is 1230. The second-order valence-corrected chi connectivity index (χ2v) is 10.9. The number of benzene rings is 1. The summed E-state index contributed by atoms with van der Waals surface area (Å²) in [5.74, 6) is 0.581. The number of carboxylic acids is 1. The van der Waals surface area contributed by atoms with E-state index in [0.29, 0.717) is 43.2 Å². The highest BCUT2D eigenvalue weighted by atomic mass is 16.5. The number of aliphatic carboxylic acids is 1. The minimum Gasteiger partial charge on any atom is -0.493 e. The van der Waals surface area contributed by atoms with Gasteiger partial charge in [0.2, 0.25) is 11.8 Å². The Balaban J connectivity index is 0.00000103. The number of carboxylic acid groups (broad SMARTS) is 1. The number of nitrogens with two attached hydrogens (primary N) is 1. The number of amides is 1. The molecule has 218 valence electrons. The molecular weight excluding hydrogens is 506 g/mol. The van der Waals surface area contributed by atoms with Gasteiger partial charge in [0.25, 0.3) is 0 Å². The molecule has 0 saturated carbocycles. The van der Waals surface area contributed by atoms with Gasteiger partial charge in [0, 0.05) is 30.2 Å². The second-order valence-electron chi connectivity index (χ2n) is 10.9. The highest BCUT2D eigenvalue weighted by Gasteiger charge is 2.35. The number of carbonyl (C=O) groups excluding carboxylic acids is 1. The number of carbonyl (C=O) groups is 2. The third kappa shape index (κ3) is 10.2. The monoisotopic (exact) mass is 551 g/mol. The molecular formula is C32H45N3O5. The molecule has 1 amide bonds. The van der Waals surface area contributed by atoms with Crippen LogP contribution in [0.25, 0.3) is 5.57 Å². The molecule has 0 radical (unpaired) electrons. The first kappa shape index (κ1) is 32.6. The Morgan fingerprint density at radius 3 is 2.60 bits per heavy atom. The van der Waals surface area contributed by atoms with E-state index in [9.17, 15) is 14.7 Å². The fourth-order valence-electron chi connectivity index (χ4n) is 4.07. The Morgan fingerprint density at radius 2 is 1.98 bits per heavy atom. The molecule has 2 heterocycles. The van der Waals surface area contributed by atoms with Crippen LogP contribution in [0.3, 0.4) is 0 Å². The van der Waals surface area contributed by atoms with E-state index < -0.39 is 12.0 Å². The van der Waals surface area contributed by atoms with Crippen LogP contribution in [0.15, 0.2) is 53.0 Å². The summed E-state index contributed by atoms with van der Waals surface area (Å²) >= 11 is 0. The van der Waals surface area contributed by atoms with E-state index in [1.165, 1.54) is 11.0 Å². The number of rotatable bonds is 10. The van der Waals surface area contributed by atoms with Crippen LogP contribution in [-0.4, -0.2) is 45.6 Å². The summed E-state index contributed by atoms with van der Waals surface area (Å²) in [4.78, 5) is 30.8. The normalized spacial score (nSPS) is 15.7. The first-order chi connectivity index (χ1) is 18.8. The summed E-state index contributed by atoms with van der Waals surface area (Å²) < 4.78 is 11.8. The molecule has 8 nitrogen and oxygen atoms in total. The third-order valence-corrected chi connectivity index (χ3v) is 5.98. The molecule has 1 aliphatic heterocycles. The molecule has 0 spiro atoms. The van der Waals surface area contributed by atoms with Crippen LogP contribution in [0.1, 0.15) is 88.9 Å². The number of allylic oxidation sites excluding steroid dienone is 5. The number of nitrogens with zero attached hydrogens (tertiary/aromatic N) is 2. The lowest BCUT2D eigenvalue weighted by Crippen LogP contribution is -2.42. The van der Waals surface area contributed by atoms with E-state index in [1.54, 1.807) is 24.3 Å². The Labute approximate surface area is 238 Å². The predicted molar refractivity (Wildman–Crippen MR) is 159 cm³/mol. The lowest BCUT2D eigenvalue weighted by atomic mass is 9.92. The topological polar surface area (TPSA) is 119 Å². The molecule has 1 atom stereocenters. The van der Waals surface area contributed by atoms with Crippen molar-refractivity contribution in [2.24, 2.45) is 5.73 Å². The Kier molecular flexibility index (Phi) is 12.4. The molecule has 1 aliphatic rings. The van der Waals surface area contributed by atoms with E-state index >= 15 is 0 Å². The molecule has 1 aromatic heterocycles. The van der Waals surface area contributed by atoms with Crippen LogP contribution in [0.4, 0.5) is 0 Å². The maximum atomic E-state index is 12.6. The van der Waals surface area contributed by atoms with Gasteiger partial charge in [-0.15, -0.1) is 0 Å². The van der Waals surface area contributed by atoms with Gasteiger partial charge >= 0.3 is 5.97 Å². The molecule has 3 rings (SSSR count). The second kappa shape index (κ2) is 15.2. The zero-order valence-corrected chi connectivity index (χ0v) is 25.0. The van der Waals surface area contributed by atoms with Crippen LogP contribution in [0.2, 0.25) is 0 Å². The highest BCUT2D eigenvalue weighted by molar-refractivity contribution is 5.92. The van der Waals surface area contributed by atoms with Crippen LogP contribution in [0.5, 0.6) is 5.75 Å². The van der Waals surface area contributed by atoms with Crippen LogP contribution >= 0.6 is 0 Å². The van der Waals surface area contributed by atoms with Gasteiger partial charge in [-0.3, -0.25) is 4.79 Å². The number of aromatic nitrogens is 1. The van der Waals surface area contributed by atoms with Crippen molar-refractivity contribution >= 4 is 17.4 Å². The summed E-state index contributed by atoms with van der Waals surface area (Å²) in [6.45, 7) is 14.5. The van der Waals surface area contributed by atoms with Crippen molar-refractivity contribution in [3.8, 4) is 5.75 Å². The summed E-state index contributed by atoms with van der Waals surface area (Å²) in [7, 11) is 0. The molecule has 1 aromatic carbocycles. The van der Waals surface area contributed by atoms with Gasteiger partial charge in [-0.25, -0.2) is 9.78 Å². The van der Waals surface area contributed by atoms with Crippen molar-refractivity contribution in [3.05, 3.63) is 77.1 Å². The van der Waals surface area contributed by atoms with Crippen molar-refractivity contribution in [2.45, 2.75) is 85.7 Å². The van der Waals surface area contributed by atoms with Crippen LogP contribution < -0.4 is 10.5 Å².